The van der Waals surface area contributed by atoms with Crippen molar-refractivity contribution in [1.29, 1.82) is 0 Å². The molecule has 0 amide bonds. The molecule has 0 fully saturated rings. The minimum atomic E-state index is -0.203. The van der Waals surface area contributed by atoms with E-state index in [2.05, 4.69) is 32.8 Å². The Hall–Kier alpha value is -1.92. The molecule has 0 spiro atoms. The molecule has 18 heavy (non-hydrogen) atoms. The number of aromatic nitrogens is 1. The first-order chi connectivity index (χ1) is 8.66. The molecule has 3 heteroatoms. The molecule has 0 saturated carbocycles. The van der Waals surface area contributed by atoms with Gasteiger partial charge in [-0.15, -0.1) is 0 Å². The summed E-state index contributed by atoms with van der Waals surface area (Å²) >= 11 is 3.37. The average molecular weight is 300 g/mol. The number of hydrogen-bond donors (Lipinski definition) is 0. The summed E-state index contributed by atoms with van der Waals surface area (Å²) < 4.78 is 0.771. The average Bonchev–Trinajstić information content (AvgIpc) is 2.37. The Kier molecular flexibility index (Phi) is 3.91. The highest BCUT2D eigenvalue weighted by Gasteiger charge is 2.06. The van der Waals surface area contributed by atoms with Crippen molar-refractivity contribution in [3.05, 3.63) is 63.9 Å². The largest absolute Gasteiger partial charge is 0.279 e. The van der Waals surface area contributed by atoms with Crippen LogP contribution in [0.15, 0.2) is 47.2 Å². The van der Waals surface area contributed by atoms with Crippen LogP contribution in [0.4, 0.5) is 0 Å². The normalized spacial score (nSPS) is 9.44. The lowest BCUT2D eigenvalue weighted by Gasteiger charge is -1.99. The van der Waals surface area contributed by atoms with Gasteiger partial charge in [-0.2, -0.15) is 0 Å². The quantitative estimate of drug-likeness (QED) is 0.597. The van der Waals surface area contributed by atoms with E-state index in [1.54, 1.807) is 24.5 Å². The minimum absolute atomic E-state index is 0.203. The van der Waals surface area contributed by atoms with Crippen LogP contribution in [0.3, 0.4) is 0 Å². The third-order valence-electron chi connectivity index (χ3n) is 2.35. The second-order valence-corrected chi connectivity index (χ2v) is 4.66. The molecule has 0 N–H and O–H groups in total. The summed E-state index contributed by atoms with van der Waals surface area (Å²) in [7, 11) is 0. The van der Waals surface area contributed by atoms with Crippen LogP contribution in [0.1, 0.15) is 21.5 Å². The van der Waals surface area contributed by atoms with E-state index >= 15 is 0 Å². The van der Waals surface area contributed by atoms with Gasteiger partial charge in [0, 0.05) is 28.0 Å². The second kappa shape index (κ2) is 5.61. The molecule has 2 rings (SSSR count). The number of pyridine rings is 1. The zero-order chi connectivity index (χ0) is 13.0. The van der Waals surface area contributed by atoms with Gasteiger partial charge in [0.05, 0.1) is 0 Å². The molecular weight excluding hydrogens is 290 g/mol. The van der Waals surface area contributed by atoms with Gasteiger partial charge in [0.2, 0.25) is 5.78 Å². The van der Waals surface area contributed by atoms with E-state index in [9.17, 15) is 4.79 Å². The van der Waals surface area contributed by atoms with Gasteiger partial charge in [0.15, 0.2) is 0 Å². The fraction of sp³-hybridized carbons (Fsp3) is 0.0667. The van der Waals surface area contributed by atoms with E-state index in [0.29, 0.717) is 5.56 Å². The summed E-state index contributed by atoms with van der Waals surface area (Å²) in [5.41, 5.74) is 2.41. The molecule has 2 nitrogen and oxygen atoms in total. The van der Waals surface area contributed by atoms with Gasteiger partial charge in [-0.1, -0.05) is 12.0 Å². The van der Waals surface area contributed by atoms with Gasteiger partial charge in [-0.05, 0) is 58.6 Å². The first-order valence-corrected chi connectivity index (χ1v) is 6.18. The van der Waals surface area contributed by atoms with Gasteiger partial charge in [0.1, 0.15) is 0 Å². The van der Waals surface area contributed by atoms with Crippen molar-refractivity contribution in [1.82, 2.24) is 4.98 Å². The molecule has 88 valence electrons. The van der Waals surface area contributed by atoms with E-state index in [0.717, 1.165) is 15.6 Å². The highest BCUT2D eigenvalue weighted by molar-refractivity contribution is 9.10. The molecule has 0 unspecified atom stereocenters. The van der Waals surface area contributed by atoms with Crippen molar-refractivity contribution < 1.29 is 4.79 Å². The van der Waals surface area contributed by atoms with Crippen LogP contribution >= 0.6 is 15.9 Å². The van der Waals surface area contributed by atoms with Crippen molar-refractivity contribution in [2.24, 2.45) is 0 Å². The Morgan fingerprint density at radius 3 is 2.83 bits per heavy atom. The molecule has 2 aromatic rings. The summed E-state index contributed by atoms with van der Waals surface area (Å²) in [6.07, 6.45) is 3.30. The SMILES string of the molecule is Cc1ccc(C(=O)C#Cc2cccnc2)c(Br)c1. The third-order valence-corrected chi connectivity index (χ3v) is 3.01. The Labute approximate surface area is 114 Å². The van der Waals surface area contributed by atoms with Crippen LogP contribution in [0.2, 0.25) is 0 Å². The van der Waals surface area contributed by atoms with Gasteiger partial charge >= 0.3 is 0 Å². The number of aryl methyl sites for hydroxylation is 1. The Balaban J connectivity index is 2.26. The summed E-state index contributed by atoms with van der Waals surface area (Å²) in [4.78, 5) is 15.9. The van der Waals surface area contributed by atoms with E-state index in [4.69, 9.17) is 0 Å². The minimum Gasteiger partial charge on any atom is -0.279 e. The number of halogens is 1. The zero-order valence-corrected chi connectivity index (χ0v) is 11.4. The van der Waals surface area contributed by atoms with Crippen molar-refractivity contribution in [2.75, 3.05) is 0 Å². The molecule has 0 bridgehead atoms. The molecule has 0 aliphatic carbocycles. The van der Waals surface area contributed by atoms with Crippen molar-refractivity contribution in [3.8, 4) is 11.8 Å². The second-order valence-electron chi connectivity index (χ2n) is 3.80. The topological polar surface area (TPSA) is 30.0 Å². The number of benzene rings is 1. The van der Waals surface area contributed by atoms with Crippen LogP contribution < -0.4 is 0 Å². The predicted octanol–water partition coefficient (Wildman–Crippen LogP) is 3.39. The van der Waals surface area contributed by atoms with Crippen molar-refractivity contribution in [3.63, 3.8) is 0 Å². The highest BCUT2D eigenvalue weighted by Crippen LogP contribution is 2.18. The lowest BCUT2D eigenvalue weighted by molar-refractivity contribution is 0.105. The molecule has 0 atom stereocenters. The Morgan fingerprint density at radius 1 is 1.33 bits per heavy atom. The van der Waals surface area contributed by atoms with Gasteiger partial charge < -0.3 is 0 Å². The van der Waals surface area contributed by atoms with Crippen LogP contribution in [0, 0.1) is 18.8 Å². The van der Waals surface area contributed by atoms with E-state index in [1.807, 2.05) is 25.1 Å². The van der Waals surface area contributed by atoms with E-state index in [1.165, 1.54) is 0 Å². The molecule has 0 saturated heterocycles. The lowest BCUT2D eigenvalue weighted by atomic mass is 10.1. The number of carbonyl (C=O) groups excluding carboxylic acids is 1. The highest BCUT2D eigenvalue weighted by atomic mass is 79.9. The first kappa shape index (κ1) is 12.5. The Bertz CT molecular complexity index is 639. The molecule has 1 aromatic heterocycles. The van der Waals surface area contributed by atoms with Crippen LogP contribution in [0.5, 0.6) is 0 Å². The number of rotatable bonds is 1. The molecule has 1 heterocycles. The van der Waals surface area contributed by atoms with Crippen LogP contribution in [-0.2, 0) is 0 Å². The zero-order valence-electron chi connectivity index (χ0n) is 9.77. The van der Waals surface area contributed by atoms with Crippen LogP contribution in [-0.4, -0.2) is 10.8 Å². The van der Waals surface area contributed by atoms with Crippen molar-refractivity contribution in [2.45, 2.75) is 6.92 Å². The standard InChI is InChI=1S/C15H10BrNO/c1-11-4-6-13(14(16)9-11)15(18)7-5-12-3-2-8-17-10-12/h2-4,6,8-10H,1H3. The number of Topliss-reactive ketones (excluding diaryl/α,β-unsaturated/α-hetero) is 1. The molecule has 1 aromatic carbocycles. The van der Waals surface area contributed by atoms with Crippen molar-refractivity contribution >= 4 is 21.7 Å². The summed E-state index contributed by atoms with van der Waals surface area (Å²) in [5.74, 6) is 5.22. The fourth-order valence-electron chi connectivity index (χ4n) is 1.44. The first-order valence-electron chi connectivity index (χ1n) is 5.39. The van der Waals surface area contributed by atoms with E-state index < -0.39 is 0 Å². The summed E-state index contributed by atoms with van der Waals surface area (Å²) in [5, 5.41) is 0. The number of hydrogen-bond acceptors (Lipinski definition) is 2. The smallest absolute Gasteiger partial charge is 0.237 e. The maximum Gasteiger partial charge on any atom is 0.237 e. The summed E-state index contributed by atoms with van der Waals surface area (Å²) in [6.45, 7) is 1.97. The molecular formula is C15H10BrNO. The molecule has 0 aliphatic heterocycles. The monoisotopic (exact) mass is 299 g/mol. The fourth-order valence-corrected chi connectivity index (χ4v) is 2.11. The lowest BCUT2D eigenvalue weighted by Crippen LogP contribution is -1.96. The molecule has 0 radical (unpaired) electrons. The van der Waals surface area contributed by atoms with Gasteiger partial charge in [-0.25, -0.2) is 0 Å². The number of carbonyl (C=O) groups is 1. The van der Waals surface area contributed by atoms with E-state index in [-0.39, 0.29) is 5.78 Å². The summed E-state index contributed by atoms with van der Waals surface area (Å²) in [6, 6.07) is 9.18. The maximum absolute atomic E-state index is 11.9. The Morgan fingerprint density at radius 2 is 2.17 bits per heavy atom. The molecule has 0 aliphatic rings. The maximum atomic E-state index is 11.9. The third kappa shape index (κ3) is 3.06. The van der Waals surface area contributed by atoms with Gasteiger partial charge in [0.25, 0.3) is 0 Å². The number of nitrogens with zero attached hydrogens (tertiary/aromatic N) is 1. The van der Waals surface area contributed by atoms with Gasteiger partial charge in [-0.3, -0.25) is 9.78 Å². The van der Waals surface area contributed by atoms with Crippen LogP contribution in [0.25, 0.3) is 0 Å². The number of ketones is 1. The predicted molar refractivity (Wildman–Crippen MR) is 74.3 cm³/mol.